The van der Waals surface area contributed by atoms with Crippen molar-refractivity contribution in [3.63, 3.8) is 0 Å². The molecule has 9 heterocycles. The number of piperidine rings is 3. The van der Waals surface area contributed by atoms with Crippen LogP contribution in [0.4, 0.5) is 0 Å². The lowest BCUT2D eigenvalue weighted by Crippen LogP contribution is -2.73. The second-order valence-electron chi connectivity index (χ2n) is 29.0. The molecule has 3 aromatic carbocycles. The molecule has 6 spiro atoms. The van der Waals surface area contributed by atoms with Gasteiger partial charge in [0.2, 0.25) is 0 Å². The van der Waals surface area contributed by atoms with Crippen LogP contribution in [0.1, 0.15) is 130 Å². The maximum atomic E-state index is 12.0. The van der Waals surface area contributed by atoms with E-state index in [1.165, 1.54) is 91.5 Å². The Morgan fingerprint density at radius 1 is 0.408 bits per heavy atom. The minimum atomic E-state index is -0.908. The van der Waals surface area contributed by atoms with E-state index in [-0.39, 0.29) is 51.8 Å². The molecule has 398 valence electrons. The van der Waals surface area contributed by atoms with Crippen LogP contribution in [-0.2, 0) is 49.7 Å². The standard InChI is InChI=1S/C63H72N4O9/c68-43-10-7-34-25-40-37-13-16-61(52-58(37,46(34)49(43)71-52)19-22-64(40)28-31-1-2-31)55-67-56(74-61)62(17-14-38-41-26-35-8-11-44(69)50-47(35)59(38,53(62)72-50)20-23-65(41)29-32-3-4-32)76-57(67)63(75-55)18-15-39-42-27-36-9-12-45(70)51-48(36)60(39,54(63)73-51)21-24-66(42)30-33-5-6-33/h7-12,31-33,37-42,52-57,68-70H,1-6,13-30H2/t37-,38-,39-,40+,41+,42+,52+,53+,54+,55-,56-,57-,58-,59-,60-,61-,62-,63-/m0/s1. The van der Waals surface area contributed by atoms with Crippen molar-refractivity contribution in [3.05, 3.63) is 69.8 Å². The van der Waals surface area contributed by atoms with Gasteiger partial charge in [-0.3, -0.25) is 14.7 Å². The van der Waals surface area contributed by atoms with Gasteiger partial charge in [0.25, 0.3) is 0 Å². The molecule has 9 aliphatic heterocycles. The summed E-state index contributed by atoms with van der Waals surface area (Å²) < 4.78 is 48.2. The highest BCUT2D eigenvalue weighted by molar-refractivity contribution is 5.65. The summed E-state index contributed by atoms with van der Waals surface area (Å²) in [4.78, 5) is 11.2. The van der Waals surface area contributed by atoms with E-state index < -0.39 is 35.5 Å². The summed E-state index contributed by atoms with van der Waals surface area (Å²) >= 11 is 0. The number of fused-ring (bicyclic) bond motifs is 6. The molecule has 18 aliphatic rings. The predicted octanol–water partition coefficient (Wildman–Crippen LogP) is 7.14. The summed E-state index contributed by atoms with van der Waals surface area (Å²) in [5.41, 5.74) is 3.99. The summed E-state index contributed by atoms with van der Waals surface area (Å²) in [7, 11) is 0. The molecule has 6 bridgehead atoms. The fourth-order valence-electron chi connectivity index (χ4n) is 23.1. The van der Waals surface area contributed by atoms with Crippen LogP contribution in [-0.4, -0.2) is 146 Å². The van der Waals surface area contributed by atoms with E-state index in [4.69, 9.17) is 28.4 Å². The van der Waals surface area contributed by atoms with Crippen LogP contribution in [0.25, 0.3) is 0 Å². The SMILES string of the molecule is Oc1ccc2c3c1O[C@H]1[C@]4(CC[C@H]5[C@@H](C2)N(CC2CC2)CC[C@@]351)O[C@@H]1N2[C@H]4O[C@]3(CC[C@H]4[C@H]5Cc6ccc(O)c7c6[C@@]4(CCN5CC4CC4)[C@H]3O7)[C@@H]2O[C@]12CC[C@H]1[C@H]3Cc4ccc(O)c5c4[C@@]1(CCN3CC1CC1)[C@H]2O5. The van der Waals surface area contributed by atoms with Gasteiger partial charge in [0.05, 0.1) is 0 Å². The highest BCUT2D eigenvalue weighted by Crippen LogP contribution is 2.77. The summed E-state index contributed by atoms with van der Waals surface area (Å²) in [6.45, 7) is 6.61. The number of phenolic OH excluding ortho intramolecular Hbond substituents is 3. The Hall–Kier alpha value is -3.82. The van der Waals surface area contributed by atoms with Crippen molar-refractivity contribution in [3.8, 4) is 34.5 Å². The second kappa shape index (κ2) is 13.5. The van der Waals surface area contributed by atoms with E-state index in [9.17, 15) is 15.3 Å². The van der Waals surface area contributed by atoms with Gasteiger partial charge >= 0.3 is 0 Å². The van der Waals surface area contributed by atoms with Crippen LogP contribution in [0.3, 0.4) is 0 Å². The van der Waals surface area contributed by atoms with Gasteiger partial charge in [0.1, 0.15) is 53.8 Å². The summed E-state index contributed by atoms with van der Waals surface area (Å²) in [5.74, 6) is 6.29. The number of phenols is 3. The Bertz CT molecular complexity index is 2840. The minimum Gasteiger partial charge on any atom is -0.504 e. The number of hydrogen-bond donors (Lipinski definition) is 3. The van der Waals surface area contributed by atoms with Gasteiger partial charge in [0, 0.05) is 70.7 Å². The first-order valence-electron chi connectivity index (χ1n) is 30.8. The number of aromatic hydroxyl groups is 3. The van der Waals surface area contributed by atoms with Gasteiger partial charge in [-0.2, -0.15) is 0 Å². The zero-order valence-corrected chi connectivity index (χ0v) is 43.7. The molecular weight excluding hydrogens is 957 g/mol. The van der Waals surface area contributed by atoms with Crippen LogP contribution in [0.2, 0.25) is 0 Å². The predicted molar refractivity (Wildman–Crippen MR) is 275 cm³/mol. The average Bonchev–Trinajstić information content (AvgIpc) is 4.52. The van der Waals surface area contributed by atoms with E-state index in [1.54, 1.807) is 0 Å². The lowest BCUT2D eigenvalue weighted by Gasteiger charge is -2.63. The molecular formula is C63H72N4O9. The fourth-order valence-corrected chi connectivity index (χ4v) is 23.1. The van der Waals surface area contributed by atoms with Gasteiger partial charge in [-0.05, 0) is 206 Å². The Balaban J connectivity index is 0.756. The first-order chi connectivity index (χ1) is 37.2. The molecule has 3 aromatic rings. The van der Waals surface area contributed by atoms with Crippen molar-refractivity contribution >= 4 is 0 Å². The number of ether oxygens (including phenoxy) is 6. The zero-order chi connectivity index (χ0) is 49.4. The Morgan fingerprint density at radius 2 is 0.724 bits per heavy atom. The third kappa shape index (κ3) is 4.64. The third-order valence-electron chi connectivity index (χ3n) is 26.2. The molecule has 13 heteroatoms. The Morgan fingerprint density at radius 3 is 1.03 bits per heavy atom. The molecule has 3 N–H and O–H groups in total. The maximum absolute atomic E-state index is 12.0. The molecule has 0 unspecified atom stereocenters. The molecule has 12 fully saturated rings. The van der Waals surface area contributed by atoms with E-state index >= 15 is 0 Å². The number of benzene rings is 3. The van der Waals surface area contributed by atoms with Gasteiger partial charge in [-0.1, -0.05) is 18.2 Å². The Labute approximate surface area is 444 Å². The molecule has 9 aliphatic carbocycles. The van der Waals surface area contributed by atoms with Gasteiger partial charge < -0.3 is 43.7 Å². The topological polar surface area (TPSA) is 129 Å². The molecule has 13 nitrogen and oxygen atoms in total. The maximum Gasteiger partial charge on any atom is 0.165 e. The van der Waals surface area contributed by atoms with Crippen molar-refractivity contribution in [2.75, 3.05) is 39.3 Å². The van der Waals surface area contributed by atoms with Crippen molar-refractivity contribution in [1.82, 2.24) is 19.6 Å². The quantitative estimate of drug-likeness (QED) is 0.232. The summed E-state index contributed by atoms with van der Waals surface area (Å²) in [6.07, 6.45) is 16.6. The van der Waals surface area contributed by atoms with Crippen LogP contribution < -0.4 is 14.2 Å². The minimum absolute atomic E-state index is 0.241. The third-order valence-corrected chi connectivity index (χ3v) is 26.2. The van der Waals surface area contributed by atoms with Gasteiger partial charge in [0.15, 0.2) is 34.5 Å². The normalized spacial score (nSPS) is 49.4. The first kappa shape index (κ1) is 43.0. The average molecular weight is 1030 g/mol. The monoisotopic (exact) mass is 1030 g/mol. The molecule has 6 saturated carbocycles. The van der Waals surface area contributed by atoms with Crippen molar-refractivity contribution in [1.29, 1.82) is 0 Å². The molecule has 18 atom stereocenters. The highest BCUT2D eigenvalue weighted by Gasteiger charge is 2.88. The molecule has 0 aromatic heterocycles. The Kier molecular flexibility index (Phi) is 7.64. The van der Waals surface area contributed by atoms with E-state index in [1.807, 2.05) is 18.2 Å². The van der Waals surface area contributed by atoms with Crippen molar-refractivity contribution in [2.24, 2.45) is 35.5 Å². The van der Waals surface area contributed by atoms with E-state index in [0.29, 0.717) is 53.1 Å². The zero-order valence-electron chi connectivity index (χ0n) is 43.7. The first-order valence-corrected chi connectivity index (χ1v) is 30.8. The van der Waals surface area contributed by atoms with Crippen LogP contribution in [0.15, 0.2) is 36.4 Å². The molecule has 0 amide bonds. The van der Waals surface area contributed by atoms with Crippen LogP contribution >= 0.6 is 0 Å². The summed E-state index contributed by atoms with van der Waals surface area (Å²) in [5, 5.41) is 36.1. The lowest BCUT2D eigenvalue weighted by atomic mass is 9.48. The van der Waals surface area contributed by atoms with E-state index in [0.717, 1.165) is 114 Å². The molecule has 6 saturated heterocycles. The number of hydrogen-bond acceptors (Lipinski definition) is 13. The smallest absolute Gasteiger partial charge is 0.165 e. The van der Waals surface area contributed by atoms with Crippen molar-refractivity contribution < 1.29 is 43.7 Å². The molecule has 21 rings (SSSR count). The van der Waals surface area contributed by atoms with Crippen LogP contribution in [0.5, 0.6) is 34.5 Å². The van der Waals surface area contributed by atoms with Crippen molar-refractivity contribution in [2.45, 2.75) is 204 Å². The fraction of sp³-hybridized carbons (Fsp3) is 0.714. The second-order valence-corrected chi connectivity index (χ2v) is 29.0. The van der Waals surface area contributed by atoms with Crippen LogP contribution in [0, 0.1) is 35.5 Å². The molecule has 76 heavy (non-hydrogen) atoms. The number of rotatable bonds is 6. The van der Waals surface area contributed by atoms with Gasteiger partial charge in [-0.15, -0.1) is 0 Å². The number of nitrogens with zero attached hydrogens (tertiary/aromatic N) is 4. The highest BCUT2D eigenvalue weighted by atomic mass is 16.7. The van der Waals surface area contributed by atoms with Gasteiger partial charge in [-0.25, -0.2) is 4.90 Å². The largest absolute Gasteiger partial charge is 0.504 e. The molecule has 0 radical (unpaired) electrons. The van der Waals surface area contributed by atoms with E-state index in [2.05, 4.69) is 37.8 Å². The summed E-state index contributed by atoms with van der Waals surface area (Å²) in [6, 6.07) is 13.6. The number of likely N-dealkylation sites (tertiary alicyclic amines) is 3. The lowest BCUT2D eigenvalue weighted by molar-refractivity contribution is -0.249.